The third-order valence-corrected chi connectivity index (χ3v) is 5.18. The average Bonchev–Trinajstić information content (AvgIpc) is 2.98. The summed E-state index contributed by atoms with van der Waals surface area (Å²) in [7, 11) is 0. The van der Waals surface area contributed by atoms with Gasteiger partial charge in [-0.3, -0.25) is 4.57 Å². The molecule has 2 aromatic heterocycles. The Kier molecular flexibility index (Phi) is 6.66. The lowest BCUT2D eigenvalue weighted by Crippen LogP contribution is -2.08. The minimum absolute atomic E-state index is 0.397. The maximum atomic E-state index is 6.12. The van der Waals surface area contributed by atoms with Crippen molar-refractivity contribution in [3.8, 4) is 0 Å². The fraction of sp³-hybridized carbons (Fsp3) is 0.450. The summed E-state index contributed by atoms with van der Waals surface area (Å²) in [5.41, 5.74) is 10.1. The van der Waals surface area contributed by atoms with Crippen LogP contribution in [0.25, 0.3) is 11.2 Å². The average molecular weight is 431 g/mol. The van der Waals surface area contributed by atoms with Crippen molar-refractivity contribution in [3.05, 3.63) is 40.1 Å². The van der Waals surface area contributed by atoms with E-state index in [0.717, 1.165) is 31.5 Å². The van der Waals surface area contributed by atoms with Crippen LogP contribution in [0.15, 0.2) is 29.0 Å². The van der Waals surface area contributed by atoms with E-state index in [1.807, 2.05) is 4.57 Å². The highest BCUT2D eigenvalue weighted by Gasteiger charge is 2.15. The predicted octanol–water partition coefficient (Wildman–Crippen LogP) is 4.77. The quantitative estimate of drug-likeness (QED) is 0.377. The number of anilines is 2. The second kappa shape index (κ2) is 9.17. The molecular formula is C20H27BrN6. The van der Waals surface area contributed by atoms with Gasteiger partial charge < -0.3 is 11.1 Å². The summed E-state index contributed by atoms with van der Waals surface area (Å²) in [4.78, 5) is 13.5. The smallest absolute Gasteiger partial charge is 0.226 e. The van der Waals surface area contributed by atoms with Crippen molar-refractivity contribution in [2.45, 2.75) is 52.5 Å². The number of fused-ring (bicyclic) bond motifs is 1. The molecule has 0 bridgehead atoms. The zero-order valence-corrected chi connectivity index (χ0v) is 17.6. The summed E-state index contributed by atoms with van der Waals surface area (Å²) >= 11 is 3.55. The van der Waals surface area contributed by atoms with E-state index in [1.54, 1.807) is 0 Å². The maximum absolute atomic E-state index is 6.12. The molecule has 0 aliphatic rings. The number of nitrogens with two attached hydrogens (primary N) is 1. The summed E-state index contributed by atoms with van der Waals surface area (Å²) in [5, 5.41) is 3.25. The van der Waals surface area contributed by atoms with Gasteiger partial charge in [0.15, 0.2) is 21.7 Å². The molecule has 0 saturated heterocycles. The Morgan fingerprint density at radius 2 is 1.70 bits per heavy atom. The molecule has 0 aliphatic carbocycles. The molecule has 0 atom stereocenters. The predicted molar refractivity (Wildman–Crippen MR) is 115 cm³/mol. The maximum Gasteiger partial charge on any atom is 0.226 e. The fourth-order valence-electron chi connectivity index (χ4n) is 2.97. The van der Waals surface area contributed by atoms with Gasteiger partial charge in [0.2, 0.25) is 5.95 Å². The standard InChI is InChI=1S/C20H27BrN6/c1-3-5-7-14-8-10-15(11-9-14)13-27-18-16(24-19(27)21)17(22)25-20(26-18)23-12-6-4-2/h8-11H,3-7,12-13H2,1-2H3,(H3,22,23,25,26). The van der Waals surface area contributed by atoms with E-state index < -0.39 is 0 Å². The number of imidazole rings is 1. The lowest BCUT2D eigenvalue weighted by Gasteiger charge is -2.09. The van der Waals surface area contributed by atoms with Gasteiger partial charge >= 0.3 is 0 Å². The highest BCUT2D eigenvalue weighted by Crippen LogP contribution is 2.25. The molecule has 6 nitrogen and oxygen atoms in total. The molecule has 0 aliphatic heterocycles. The second-order valence-corrected chi connectivity index (χ2v) is 7.48. The number of hydrogen-bond donors (Lipinski definition) is 2. The van der Waals surface area contributed by atoms with Gasteiger partial charge in [-0.2, -0.15) is 9.97 Å². The topological polar surface area (TPSA) is 81.6 Å². The van der Waals surface area contributed by atoms with Crippen molar-refractivity contribution in [2.75, 3.05) is 17.6 Å². The molecule has 0 radical (unpaired) electrons. The third kappa shape index (κ3) is 4.77. The molecule has 27 heavy (non-hydrogen) atoms. The molecule has 0 spiro atoms. The number of nitrogens with zero attached hydrogens (tertiary/aromatic N) is 4. The second-order valence-electron chi connectivity index (χ2n) is 6.77. The summed E-state index contributed by atoms with van der Waals surface area (Å²) < 4.78 is 2.73. The summed E-state index contributed by atoms with van der Waals surface area (Å²) in [6.45, 7) is 5.88. The van der Waals surface area contributed by atoms with Gasteiger partial charge in [0.05, 0.1) is 6.54 Å². The van der Waals surface area contributed by atoms with E-state index in [4.69, 9.17) is 5.73 Å². The van der Waals surface area contributed by atoms with Crippen LogP contribution in [0.4, 0.5) is 11.8 Å². The number of nitrogen functional groups attached to an aromatic ring is 1. The summed E-state index contributed by atoms with van der Waals surface area (Å²) in [5.74, 6) is 0.949. The van der Waals surface area contributed by atoms with Crippen molar-refractivity contribution in [2.24, 2.45) is 0 Å². The van der Waals surface area contributed by atoms with Crippen LogP contribution >= 0.6 is 15.9 Å². The zero-order chi connectivity index (χ0) is 19.2. The normalized spacial score (nSPS) is 11.2. The van der Waals surface area contributed by atoms with Gasteiger partial charge in [0.1, 0.15) is 0 Å². The molecule has 0 unspecified atom stereocenters. The van der Waals surface area contributed by atoms with Crippen molar-refractivity contribution < 1.29 is 0 Å². The van der Waals surface area contributed by atoms with Crippen LogP contribution in [-0.4, -0.2) is 26.1 Å². The first-order chi connectivity index (χ1) is 13.1. The van der Waals surface area contributed by atoms with Gasteiger partial charge in [-0.15, -0.1) is 0 Å². The van der Waals surface area contributed by atoms with Gasteiger partial charge in [-0.05, 0) is 46.3 Å². The molecule has 0 amide bonds. The first-order valence-electron chi connectivity index (χ1n) is 9.63. The molecule has 1 aromatic carbocycles. The van der Waals surface area contributed by atoms with E-state index in [2.05, 4.69) is 74.3 Å². The van der Waals surface area contributed by atoms with Crippen LogP contribution in [0, 0.1) is 0 Å². The van der Waals surface area contributed by atoms with Gasteiger partial charge in [0.25, 0.3) is 0 Å². The third-order valence-electron chi connectivity index (χ3n) is 4.57. The largest absolute Gasteiger partial charge is 0.382 e. The van der Waals surface area contributed by atoms with E-state index in [9.17, 15) is 0 Å². The molecule has 0 saturated carbocycles. The number of aryl methyl sites for hydroxylation is 1. The van der Waals surface area contributed by atoms with Crippen molar-refractivity contribution in [1.82, 2.24) is 19.5 Å². The van der Waals surface area contributed by atoms with E-state index in [1.165, 1.54) is 24.0 Å². The number of benzene rings is 1. The van der Waals surface area contributed by atoms with Crippen molar-refractivity contribution >= 4 is 38.9 Å². The number of unbranched alkanes of at least 4 members (excludes halogenated alkanes) is 2. The lowest BCUT2D eigenvalue weighted by atomic mass is 10.1. The van der Waals surface area contributed by atoms with Crippen LogP contribution < -0.4 is 11.1 Å². The minimum Gasteiger partial charge on any atom is -0.382 e. The number of nitrogens with one attached hydrogen (secondary N) is 1. The van der Waals surface area contributed by atoms with Crippen LogP contribution in [0.2, 0.25) is 0 Å². The van der Waals surface area contributed by atoms with Gasteiger partial charge in [-0.1, -0.05) is 51.0 Å². The monoisotopic (exact) mass is 430 g/mol. The Labute approximate surface area is 168 Å². The molecule has 3 N–H and O–H groups in total. The van der Waals surface area contributed by atoms with E-state index in [0.29, 0.717) is 28.6 Å². The van der Waals surface area contributed by atoms with Gasteiger partial charge in [-0.25, -0.2) is 4.98 Å². The van der Waals surface area contributed by atoms with Crippen LogP contribution in [-0.2, 0) is 13.0 Å². The minimum atomic E-state index is 0.397. The van der Waals surface area contributed by atoms with Crippen molar-refractivity contribution in [3.63, 3.8) is 0 Å². The molecule has 2 heterocycles. The van der Waals surface area contributed by atoms with E-state index >= 15 is 0 Å². The van der Waals surface area contributed by atoms with Crippen LogP contribution in [0.1, 0.15) is 50.7 Å². The van der Waals surface area contributed by atoms with Crippen LogP contribution in [0.5, 0.6) is 0 Å². The Morgan fingerprint density at radius 1 is 1.00 bits per heavy atom. The Bertz CT molecular complexity index is 888. The molecule has 3 rings (SSSR count). The summed E-state index contributed by atoms with van der Waals surface area (Å²) in [6, 6.07) is 8.76. The first-order valence-corrected chi connectivity index (χ1v) is 10.4. The number of hydrogen-bond acceptors (Lipinski definition) is 5. The molecule has 7 heteroatoms. The summed E-state index contributed by atoms with van der Waals surface area (Å²) in [6.07, 6.45) is 5.74. The molecule has 144 valence electrons. The Balaban J connectivity index is 1.85. The SMILES string of the molecule is CCCCNc1nc(N)c2nc(Br)n(Cc3ccc(CCCC)cc3)c2n1. The number of halogens is 1. The van der Waals surface area contributed by atoms with Crippen molar-refractivity contribution in [1.29, 1.82) is 0 Å². The number of rotatable bonds is 9. The number of aromatic nitrogens is 4. The van der Waals surface area contributed by atoms with E-state index in [-0.39, 0.29) is 0 Å². The lowest BCUT2D eigenvalue weighted by molar-refractivity contribution is 0.781. The Hall–Kier alpha value is -2.15. The molecular weight excluding hydrogens is 404 g/mol. The fourth-order valence-corrected chi connectivity index (χ4v) is 3.44. The first kappa shape index (κ1) is 19.6. The van der Waals surface area contributed by atoms with Gasteiger partial charge in [0, 0.05) is 6.54 Å². The van der Waals surface area contributed by atoms with Crippen LogP contribution in [0.3, 0.4) is 0 Å². The zero-order valence-electron chi connectivity index (χ0n) is 16.0. The highest BCUT2D eigenvalue weighted by atomic mass is 79.9. The highest BCUT2D eigenvalue weighted by molar-refractivity contribution is 9.10. The molecule has 0 fully saturated rings. The molecule has 3 aromatic rings. The Morgan fingerprint density at radius 3 is 2.41 bits per heavy atom.